The first-order valence-corrected chi connectivity index (χ1v) is 9.85. The van der Waals surface area contributed by atoms with Crippen LogP contribution in [0, 0.1) is 13.8 Å². The maximum Gasteiger partial charge on any atom is 0.270 e. The van der Waals surface area contributed by atoms with Crippen LogP contribution in [-0.2, 0) is 0 Å². The van der Waals surface area contributed by atoms with Gasteiger partial charge in [-0.1, -0.05) is 30.3 Å². The summed E-state index contributed by atoms with van der Waals surface area (Å²) < 4.78 is 7.47. The van der Waals surface area contributed by atoms with Gasteiger partial charge in [-0.15, -0.1) is 11.3 Å². The molecule has 1 unspecified atom stereocenters. The van der Waals surface area contributed by atoms with Crippen molar-refractivity contribution in [2.24, 2.45) is 0 Å². The summed E-state index contributed by atoms with van der Waals surface area (Å²) in [5.74, 6) is 0.534. The molecule has 28 heavy (non-hydrogen) atoms. The summed E-state index contributed by atoms with van der Waals surface area (Å²) >= 11 is 1.46. The van der Waals surface area contributed by atoms with Crippen molar-refractivity contribution in [1.29, 1.82) is 0 Å². The van der Waals surface area contributed by atoms with Gasteiger partial charge in [0.15, 0.2) is 0 Å². The van der Waals surface area contributed by atoms with Gasteiger partial charge in [0, 0.05) is 23.2 Å². The highest BCUT2D eigenvalue weighted by atomic mass is 32.1. The summed E-state index contributed by atoms with van der Waals surface area (Å²) in [6, 6.07) is 15.3. The lowest BCUT2D eigenvalue weighted by Crippen LogP contribution is -2.32. The van der Waals surface area contributed by atoms with Crippen LogP contribution in [0.1, 0.15) is 33.7 Å². The fourth-order valence-electron chi connectivity index (χ4n) is 3.12. The molecular weight excluding hydrogens is 372 g/mol. The van der Waals surface area contributed by atoms with Gasteiger partial charge in [-0.2, -0.15) is 5.10 Å². The van der Waals surface area contributed by atoms with Crippen molar-refractivity contribution in [3.63, 3.8) is 0 Å². The molecule has 0 aliphatic carbocycles. The lowest BCUT2D eigenvalue weighted by Gasteiger charge is -2.17. The number of aryl methyl sites for hydroxylation is 2. The largest absolute Gasteiger partial charge is 0.467 e. The number of thiazole rings is 1. The SMILES string of the molecule is Cc1cc(C)n(C(CNC(=O)c2csc(-c3ccccc3)n2)c2ccco2)n1. The van der Waals surface area contributed by atoms with Crippen LogP contribution >= 0.6 is 11.3 Å². The molecule has 7 heteroatoms. The zero-order valence-electron chi connectivity index (χ0n) is 15.6. The molecule has 1 amide bonds. The number of hydrogen-bond donors (Lipinski definition) is 1. The number of rotatable bonds is 6. The Morgan fingerprint density at radius 1 is 1.21 bits per heavy atom. The fourth-order valence-corrected chi connectivity index (χ4v) is 3.93. The van der Waals surface area contributed by atoms with Gasteiger partial charge in [0.2, 0.25) is 0 Å². The number of hydrogen-bond acceptors (Lipinski definition) is 5. The third-order valence-corrected chi connectivity index (χ3v) is 5.32. The molecular formula is C21H20N4O2S. The number of nitrogens with zero attached hydrogens (tertiary/aromatic N) is 3. The summed E-state index contributed by atoms with van der Waals surface area (Å²) in [7, 11) is 0. The van der Waals surface area contributed by atoms with E-state index >= 15 is 0 Å². The Morgan fingerprint density at radius 2 is 2.04 bits per heavy atom. The second kappa shape index (κ2) is 7.82. The van der Waals surface area contributed by atoms with Crippen molar-refractivity contribution >= 4 is 17.2 Å². The van der Waals surface area contributed by atoms with E-state index in [4.69, 9.17) is 4.42 Å². The van der Waals surface area contributed by atoms with Gasteiger partial charge in [0.05, 0.1) is 12.0 Å². The van der Waals surface area contributed by atoms with Crippen molar-refractivity contribution in [1.82, 2.24) is 20.1 Å². The Kier molecular flexibility index (Phi) is 5.08. The van der Waals surface area contributed by atoms with Crippen molar-refractivity contribution in [2.75, 3.05) is 6.54 Å². The van der Waals surface area contributed by atoms with Gasteiger partial charge in [-0.05, 0) is 32.0 Å². The zero-order chi connectivity index (χ0) is 19.5. The smallest absolute Gasteiger partial charge is 0.270 e. The van der Waals surface area contributed by atoms with Crippen LogP contribution < -0.4 is 5.32 Å². The monoisotopic (exact) mass is 392 g/mol. The highest BCUT2D eigenvalue weighted by Gasteiger charge is 2.21. The van der Waals surface area contributed by atoms with E-state index in [1.165, 1.54) is 11.3 Å². The van der Waals surface area contributed by atoms with Crippen LogP contribution in [-0.4, -0.2) is 27.2 Å². The Labute approximate surface area is 166 Å². The van der Waals surface area contributed by atoms with E-state index in [0.717, 1.165) is 27.7 Å². The lowest BCUT2D eigenvalue weighted by molar-refractivity contribution is 0.0943. The number of nitrogens with one attached hydrogen (secondary N) is 1. The van der Waals surface area contributed by atoms with E-state index in [1.807, 2.05) is 67.1 Å². The molecule has 142 valence electrons. The van der Waals surface area contributed by atoms with Crippen LogP contribution in [0.25, 0.3) is 10.6 Å². The Balaban J connectivity index is 1.51. The molecule has 6 nitrogen and oxygen atoms in total. The topological polar surface area (TPSA) is 73.0 Å². The molecule has 0 aliphatic heterocycles. The minimum Gasteiger partial charge on any atom is -0.467 e. The van der Waals surface area contributed by atoms with Crippen molar-refractivity contribution in [2.45, 2.75) is 19.9 Å². The van der Waals surface area contributed by atoms with Crippen molar-refractivity contribution in [3.8, 4) is 10.6 Å². The van der Waals surface area contributed by atoms with Crippen LogP contribution in [0.5, 0.6) is 0 Å². The van der Waals surface area contributed by atoms with E-state index in [-0.39, 0.29) is 11.9 Å². The molecule has 1 atom stereocenters. The van der Waals surface area contributed by atoms with Crippen LogP contribution in [0.4, 0.5) is 0 Å². The minimum atomic E-state index is -0.222. The van der Waals surface area contributed by atoms with Crippen molar-refractivity contribution < 1.29 is 9.21 Å². The predicted octanol–water partition coefficient (Wildman–Crippen LogP) is 4.24. The lowest BCUT2D eigenvalue weighted by atomic mass is 10.2. The van der Waals surface area contributed by atoms with E-state index in [1.54, 1.807) is 11.6 Å². The number of amides is 1. The summed E-state index contributed by atoms with van der Waals surface area (Å²) in [5, 5.41) is 10.1. The molecule has 0 fully saturated rings. The standard InChI is InChI=1S/C21H20N4O2S/c1-14-11-15(2)25(24-14)18(19-9-6-10-27-19)12-22-20(26)17-13-28-21(23-17)16-7-4-3-5-8-16/h3-11,13,18H,12H2,1-2H3,(H,22,26). The number of carbonyl (C=O) groups is 1. The van der Waals surface area contributed by atoms with Crippen LogP contribution in [0.15, 0.2) is 64.6 Å². The third kappa shape index (κ3) is 3.75. The van der Waals surface area contributed by atoms with Gasteiger partial charge in [0.1, 0.15) is 22.5 Å². The van der Waals surface area contributed by atoms with Crippen LogP contribution in [0.2, 0.25) is 0 Å². The number of furan rings is 1. The van der Waals surface area contributed by atoms with Gasteiger partial charge < -0.3 is 9.73 Å². The molecule has 3 aromatic heterocycles. The molecule has 1 aromatic carbocycles. The Hall–Kier alpha value is -3.19. The van der Waals surface area contributed by atoms with Crippen LogP contribution in [0.3, 0.4) is 0 Å². The first-order valence-electron chi connectivity index (χ1n) is 8.97. The van der Waals surface area contributed by atoms with Gasteiger partial charge >= 0.3 is 0 Å². The molecule has 1 N–H and O–H groups in total. The number of benzene rings is 1. The molecule has 3 heterocycles. The highest BCUT2D eigenvalue weighted by Crippen LogP contribution is 2.24. The van der Waals surface area contributed by atoms with E-state index < -0.39 is 0 Å². The molecule has 0 saturated carbocycles. The fraction of sp³-hybridized carbons (Fsp3) is 0.190. The Morgan fingerprint density at radius 3 is 2.71 bits per heavy atom. The second-order valence-corrected chi connectivity index (χ2v) is 7.37. The molecule has 0 saturated heterocycles. The summed E-state index contributed by atoms with van der Waals surface area (Å²) in [6.07, 6.45) is 1.63. The van der Waals surface area contributed by atoms with Crippen molar-refractivity contribution in [3.05, 3.63) is 83.0 Å². The van der Waals surface area contributed by atoms with Gasteiger partial charge in [0.25, 0.3) is 5.91 Å². The maximum atomic E-state index is 12.7. The summed E-state index contributed by atoms with van der Waals surface area (Å²) in [6.45, 7) is 4.29. The number of aromatic nitrogens is 3. The average Bonchev–Trinajstić information content (AvgIpc) is 3.44. The Bertz CT molecular complexity index is 1070. The van der Waals surface area contributed by atoms with Gasteiger partial charge in [-0.3, -0.25) is 9.48 Å². The average molecular weight is 392 g/mol. The van der Waals surface area contributed by atoms with Gasteiger partial charge in [-0.25, -0.2) is 4.98 Å². The molecule has 4 aromatic rings. The molecule has 0 radical (unpaired) electrons. The maximum absolute atomic E-state index is 12.7. The summed E-state index contributed by atoms with van der Waals surface area (Å²) in [4.78, 5) is 17.1. The first-order chi connectivity index (χ1) is 13.6. The molecule has 4 rings (SSSR count). The van der Waals surface area contributed by atoms with E-state index in [2.05, 4.69) is 15.4 Å². The number of carbonyl (C=O) groups excluding carboxylic acids is 1. The quantitative estimate of drug-likeness (QED) is 0.533. The highest BCUT2D eigenvalue weighted by molar-refractivity contribution is 7.13. The molecule has 0 spiro atoms. The molecule has 0 aliphatic rings. The predicted molar refractivity (Wildman–Crippen MR) is 108 cm³/mol. The molecule has 0 bridgehead atoms. The summed E-state index contributed by atoms with van der Waals surface area (Å²) in [5.41, 5.74) is 3.35. The zero-order valence-corrected chi connectivity index (χ0v) is 16.4. The second-order valence-electron chi connectivity index (χ2n) is 6.52. The third-order valence-electron chi connectivity index (χ3n) is 4.42. The minimum absolute atomic E-state index is 0.212. The van der Waals surface area contributed by atoms with E-state index in [9.17, 15) is 4.79 Å². The normalized spacial score (nSPS) is 12.1. The first kappa shape index (κ1) is 18.2. The van der Waals surface area contributed by atoms with E-state index in [0.29, 0.717) is 12.2 Å².